The molecular weight excluding hydrogens is 663 g/mol. The molecule has 10 heteroatoms. The highest BCUT2D eigenvalue weighted by Gasteiger charge is 2.32. The number of carbonyl (C=O) groups excluding carboxylic acids is 2. The van der Waals surface area contributed by atoms with Gasteiger partial charge in [-0.25, -0.2) is 0 Å². The fourth-order valence-electron chi connectivity index (χ4n) is 6.11. The van der Waals surface area contributed by atoms with Crippen molar-refractivity contribution in [2.45, 2.75) is 76.6 Å². The van der Waals surface area contributed by atoms with Crippen LogP contribution in [0.3, 0.4) is 0 Å². The number of hydrogen-bond acceptors (Lipinski definition) is 8. The third-order valence-electron chi connectivity index (χ3n) is 8.93. The lowest BCUT2D eigenvalue weighted by Crippen LogP contribution is -2.31. The minimum Gasteiger partial charge on any atom is -0.397 e. The Balaban J connectivity index is 1.10. The second kappa shape index (κ2) is 20.0. The largest absolute Gasteiger partial charge is 0.397 e. The molecule has 0 saturated carbocycles. The Labute approximate surface area is 305 Å². The SMILES string of the molecule is Nc1ccccc1NC(=O)CCCCCCC(=O)NCc1ccccc1-c1ccc([C@H]2O[C@@H](CSCCO)C[C@@H](c3ccc(CO)cc3)O2)cc1. The number of aliphatic hydroxyl groups is 2. The third-order valence-corrected chi connectivity index (χ3v) is 10.0. The highest BCUT2D eigenvalue weighted by atomic mass is 32.2. The summed E-state index contributed by atoms with van der Waals surface area (Å²) in [4.78, 5) is 24.9. The standard InChI is InChI=1S/C41H49N3O6S/c42-36-11-7-8-12-37(36)44-40(48)14-4-2-1-3-13-39(47)43-26-33-9-5-6-10-35(33)30-19-21-32(22-20-30)41-49-34(28-51-24-23-45)25-38(50-41)31-17-15-29(27-46)16-18-31/h5-12,15-22,34,38,41,45-46H,1-4,13-14,23-28,42H2,(H,43,47)(H,44,48)/t34-,38+,41+/m1/s1. The number of hydrogen-bond donors (Lipinski definition) is 5. The van der Waals surface area contributed by atoms with Crippen molar-refractivity contribution in [1.82, 2.24) is 5.32 Å². The number of nitrogens with one attached hydrogen (secondary N) is 2. The van der Waals surface area contributed by atoms with Gasteiger partial charge in [0.1, 0.15) is 0 Å². The van der Waals surface area contributed by atoms with Gasteiger partial charge in [0.25, 0.3) is 0 Å². The van der Waals surface area contributed by atoms with Gasteiger partial charge in [0, 0.05) is 42.9 Å². The summed E-state index contributed by atoms with van der Waals surface area (Å²) >= 11 is 1.67. The van der Waals surface area contributed by atoms with Crippen LogP contribution in [-0.2, 0) is 32.2 Å². The minimum atomic E-state index is -0.546. The number of rotatable bonds is 18. The molecule has 1 aliphatic rings. The van der Waals surface area contributed by atoms with Crippen LogP contribution in [-0.4, -0.2) is 46.2 Å². The zero-order valence-corrected chi connectivity index (χ0v) is 29.8. The van der Waals surface area contributed by atoms with Crippen molar-refractivity contribution in [3.05, 3.63) is 119 Å². The van der Waals surface area contributed by atoms with Crippen LogP contribution in [0.25, 0.3) is 11.1 Å². The van der Waals surface area contributed by atoms with Crippen LogP contribution >= 0.6 is 11.8 Å². The summed E-state index contributed by atoms with van der Waals surface area (Å²) in [5.41, 5.74) is 13.0. The molecule has 2 amide bonds. The van der Waals surface area contributed by atoms with Crippen LogP contribution in [0.15, 0.2) is 97.1 Å². The van der Waals surface area contributed by atoms with Crippen LogP contribution in [0, 0.1) is 0 Å². The van der Waals surface area contributed by atoms with Crippen molar-refractivity contribution in [3.8, 4) is 11.1 Å². The van der Waals surface area contributed by atoms with Crippen LogP contribution in [0.4, 0.5) is 11.4 Å². The first kappa shape index (κ1) is 38.1. The zero-order valence-electron chi connectivity index (χ0n) is 29.0. The second-order valence-electron chi connectivity index (χ2n) is 12.8. The average Bonchev–Trinajstić information content (AvgIpc) is 3.16. The first-order chi connectivity index (χ1) is 24.9. The molecule has 1 fully saturated rings. The van der Waals surface area contributed by atoms with Crippen LogP contribution in [0.2, 0.25) is 0 Å². The molecule has 0 unspecified atom stereocenters. The number of nitrogens with two attached hydrogens (primary N) is 1. The second-order valence-corrected chi connectivity index (χ2v) is 13.9. The smallest absolute Gasteiger partial charge is 0.224 e. The van der Waals surface area contributed by atoms with E-state index in [9.17, 15) is 19.8 Å². The number of nitrogen functional groups attached to an aromatic ring is 1. The first-order valence-corrected chi connectivity index (χ1v) is 18.9. The number of para-hydroxylation sites is 2. The van der Waals surface area contributed by atoms with Gasteiger partial charge in [-0.05, 0) is 52.8 Å². The monoisotopic (exact) mass is 711 g/mol. The number of anilines is 2. The van der Waals surface area contributed by atoms with E-state index in [4.69, 9.17) is 15.2 Å². The Morgan fingerprint density at radius 2 is 1.47 bits per heavy atom. The van der Waals surface area contributed by atoms with Crippen molar-refractivity contribution < 1.29 is 29.3 Å². The Hall–Kier alpha value is -4.19. The van der Waals surface area contributed by atoms with Gasteiger partial charge < -0.3 is 36.1 Å². The van der Waals surface area contributed by atoms with E-state index < -0.39 is 6.29 Å². The highest BCUT2D eigenvalue weighted by Crippen LogP contribution is 2.39. The number of amides is 2. The van der Waals surface area contributed by atoms with Gasteiger partial charge in [-0.1, -0.05) is 97.8 Å². The normalized spacial score (nSPS) is 17.2. The maximum absolute atomic E-state index is 12.7. The first-order valence-electron chi connectivity index (χ1n) is 17.7. The summed E-state index contributed by atoms with van der Waals surface area (Å²) in [6.07, 6.45) is 4.10. The van der Waals surface area contributed by atoms with Crippen molar-refractivity contribution >= 4 is 35.0 Å². The van der Waals surface area contributed by atoms with Crippen molar-refractivity contribution in [2.24, 2.45) is 0 Å². The number of carbonyl (C=O) groups is 2. The summed E-state index contributed by atoms with van der Waals surface area (Å²) in [6.45, 7) is 0.556. The van der Waals surface area contributed by atoms with Crippen LogP contribution in [0.1, 0.15) is 79.6 Å². The predicted molar refractivity (Wildman–Crippen MR) is 204 cm³/mol. The Morgan fingerprint density at radius 1 is 0.784 bits per heavy atom. The summed E-state index contributed by atoms with van der Waals surface area (Å²) < 4.78 is 12.9. The summed E-state index contributed by atoms with van der Waals surface area (Å²) in [5, 5.41) is 24.7. The molecule has 0 bridgehead atoms. The molecule has 270 valence electrons. The number of unbranched alkanes of at least 4 members (excludes halogenated alkanes) is 3. The molecule has 5 rings (SSSR count). The van der Waals surface area contributed by atoms with E-state index >= 15 is 0 Å². The Bertz CT molecular complexity index is 1680. The molecule has 0 radical (unpaired) electrons. The quantitative estimate of drug-likeness (QED) is 0.0535. The number of thioether (sulfide) groups is 1. The molecule has 1 aliphatic heterocycles. The van der Waals surface area contributed by atoms with E-state index in [2.05, 4.69) is 28.8 Å². The van der Waals surface area contributed by atoms with E-state index in [0.29, 0.717) is 42.9 Å². The van der Waals surface area contributed by atoms with Crippen LogP contribution < -0.4 is 16.4 Å². The van der Waals surface area contributed by atoms with E-state index in [1.165, 1.54) is 0 Å². The van der Waals surface area contributed by atoms with E-state index in [0.717, 1.165) is 64.8 Å². The number of aliphatic hydroxyl groups excluding tert-OH is 2. The molecule has 4 aromatic rings. The highest BCUT2D eigenvalue weighted by molar-refractivity contribution is 7.99. The van der Waals surface area contributed by atoms with Gasteiger partial charge in [0.05, 0.1) is 36.8 Å². The van der Waals surface area contributed by atoms with Gasteiger partial charge in [-0.3, -0.25) is 9.59 Å². The van der Waals surface area contributed by atoms with Crippen molar-refractivity contribution in [3.63, 3.8) is 0 Å². The van der Waals surface area contributed by atoms with Gasteiger partial charge in [-0.15, -0.1) is 0 Å². The minimum absolute atomic E-state index is 0.00321. The lowest BCUT2D eigenvalue weighted by atomic mass is 9.97. The molecule has 1 saturated heterocycles. The molecular formula is C41H49N3O6S. The van der Waals surface area contributed by atoms with E-state index in [1.54, 1.807) is 23.9 Å². The summed E-state index contributed by atoms with van der Waals surface area (Å²) in [7, 11) is 0. The van der Waals surface area contributed by atoms with Crippen molar-refractivity contribution in [2.75, 3.05) is 29.2 Å². The molecule has 9 nitrogen and oxygen atoms in total. The van der Waals surface area contributed by atoms with E-state index in [-0.39, 0.29) is 37.2 Å². The van der Waals surface area contributed by atoms with Gasteiger partial charge in [-0.2, -0.15) is 11.8 Å². The zero-order chi connectivity index (χ0) is 35.8. The fourth-order valence-corrected chi connectivity index (χ4v) is 6.88. The van der Waals surface area contributed by atoms with Gasteiger partial charge in [0.2, 0.25) is 11.8 Å². The lowest BCUT2D eigenvalue weighted by Gasteiger charge is -2.36. The molecule has 4 aromatic carbocycles. The van der Waals surface area contributed by atoms with Crippen molar-refractivity contribution in [1.29, 1.82) is 0 Å². The predicted octanol–water partition coefficient (Wildman–Crippen LogP) is 7.29. The molecule has 1 heterocycles. The van der Waals surface area contributed by atoms with Gasteiger partial charge in [0.15, 0.2) is 6.29 Å². The maximum atomic E-state index is 12.7. The molecule has 0 spiro atoms. The number of ether oxygens (including phenoxy) is 2. The molecule has 6 N–H and O–H groups in total. The Kier molecular flexibility index (Phi) is 14.9. The van der Waals surface area contributed by atoms with E-state index in [1.807, 2.05) is 66.7 Å². The lowest BCUT2D eigenvalue weighted by molar-refractivity contribution is -0.245. The molecule has 51 heavy (non-hydrogen) atoms. The van der Waals surface area contributed by atoms with Gasteiger partial charge >= 0.3 is 0 Å². The molecule has 3 atom stereocenters. The Morgan fingerprint density at radius 3 is 2.20 bits per heavy atom. The third kappa shape index (κ3) is 11.7. The molecule has 0 aromatic heterocycles. The maximum Gasteiger partial charge on any atom is 0.224 e. The summed E-state index contributed by atoms with van der Waals surface area (Å²) in [6, 6.07) is 31.3. The molecule has 0 aliphatic carbocycles. The summed E-state index contributed by atoms with van der Waals surface area (Å²) in [5.74, 6) is 1.37. The fraction of sp³-hybridized carbons (Fsp3) is 0.366. The topological polar surface area (TPSA) is 143 Å². The average molecular weight is 712 g/mol. The van der Waals surface area contributed by atoms with Crippen LogP contribution in [0.5, 0.6) is 0 Å². The number of benzene rings is 4.